The quantitative estimate of drug-likeness (QED) is 0.662. The Kier molecular flexibility index (Phi) is 5.01. The highest BCUT2D eigenvalue weighted by atomic mass is 19.1. The van der Waals surface area contributed by atoms with Crippen LogP contribution in [0.2, 0.25) is 0 Å². The summed E-state index contributed by atoms with van der Waals surface area (Å²) >= 11 is 0. The van der Waals surface area contributed by atoms with Crippen molar-refractivity contribution in [2.45, 2.75) is 13.2 Å². The maximum absolute atomic E-state index is 13.8. The molecule has 2 aromatic heterocycles. The largest absolute Gasteiger partial charge is 0.457 e. The highest BCUT2D eigenvalue weighted by Gasteiger charge is 2.15. The van der Waals surface area contributed by atoms with Crippen LogP contribution in [0.1, 0.15) is 27.0 Å². The molecule has 0 atom stereocenters. The maximum Gasteiger partial charge on any atom is 0.338 e. The summed E-state index contributed by atoms with van der Waals surface area (Å²) in [6.45, 7) is 0.361. The molecule has 0 saturated heterocycles. The van der Waals surface area contributed by atoms with Gasteiger partial charge in [0, 0.05) is 30.1 Å². The predicted octanol–water partition coefficient (Wildman–Crippen LogP) is 3.37. The number of carbonyl (C=O) groups excluding carboxylic acids is 1. The molecule has 3 aromatic rings. The van der Waals surface area contributed by atoms with Crippen LogP contribution in [0.15, 0.2) is 48.8 Å². The monoisotopic (exact) mass is 351 g/mol. The van der Waals surface area contributed by atoms with Crippen molar-refractivity contribution in [3.05, 3.63) is 76.9 Å². The van der Waals surface area contributed by atoms with Gasteiger partial charge in [0.2, 0.25) is 0 Å². The Bertz CT molecular complexity index is 1000. The molecule has 0 aliphatic rings. The average Bonchev–Trinajstić information content (AvgIpc) is 2.98. The van der Waals surface area contributed by atoms with E-state index in [1.165, 1.54) is 18.2 Å². The van der Waals surface area contributed by atoms with E-state index < -0.39 is 5.97 Å². The first-order valence-corrected chi connectivity index (χ1v) is 8.08. The fourth-order valence-corrected chi connectivity index (χ4v) is 2.81. The van der Waals surface area contributed by atoms with Gasteiger partial charge in [-0.1, -0.05) is 6.07 Å². The smallest absolute Gasteiger partial charge is 0.338 e. The molecule has 3 rings (SSSR count). The van der Waals surface area contributed by atoms with E-state index in [-0.39, 0.29) is 18.0 Å². The Labute approximate surface area is 150 Å². The summed E-state index contributed by atoms with van der Waals surface area (Å²) in [5.41, 5.74) is 2.58. The molecule has 132 valence electrons. The van der Waals surface area contributed by atoms with Gasteiger partial charge in [0.1, 0.15) is 18.5 Å². The van der Waals surface area contributed by atoms with E-state index in [9.17, 15) is 14.4 Å². The van der Waals surface area contributed by atoms with E-state index in [0.717, 1.165) is 5.52 Å². The molecular weight excluding hydrogens is 333 g/mol. The molecule has 5 nitrogen and oxygen atoms in total. The van der Waals surface area contributed by atoms with Crippen LogP contribution in [0.5, 0.6) is 0 Å². The van der Waals surface area contributed by atoms with Crippen LogP contribution in [-0.4, -0.2) is 29.4 Å². The molecule has 26 heavy (non-hydrogen) atoms. The third-order valence-corrected chi connectivity index (χ3v) is 4.00. The van der Waals surface area contributed by atoms with Gasteiger partial charge in [-0.15, -0.1) is 0 Å². The van der Waals surface area contributed by atoms with Gasteiger partial charge in [-0.05, 0) is 44.4 Å². The molecule has 0 aliphatic heterocycles. The van der Waals surface area contributed by atoms with Gasteiger partial charge in [-0.25, -0.2) is 9.18 Å². The number of nitrogens with zero attached hydrogens (tertiary/aromatic N) is 3. The number of fused-ring (bicyclic) bond motifs is 1. The van der Waals surface area contributed by atoms with E-state index in [2.05, 4.69) is 6.07 Å². The number of nitriles is 1. The molecule has 0 spiro atoms. The predicted molar refractivity (Wildman–Crippen MR) is 95.0 cm³/mol. The van der Waals surface area contributed by atoms with Crippen molar-refractivity contribution in [2.24, 2.45) is 0 Å². The number of ether oxygens (including phenoxy) is 1. The van der Waals surface area contributed by atoms with Gasteiger partial charge in [0.25, 0.3) is 0 Å². The zero-order chi connectivity index (χ0) is 18.7. The molecule has 0 radical (unpaired) electrons. The Morgan fingerprint density at radius 1 is 1.27 bits per heavy atom. The third-order valence-electron chi connectivity index (χ3n) is 4.00. The highest BCUT2D eigenvalue weighted by molar-refractivity contribution is 5.89. The fraction of sp³-hybridized carbons (Fsp3) is 0.200. The Morgan fingerprint density at radius 2 is 2.08 bits per heavy atom. The maximum atomic E-state index is 13.8. The van der Waals surface area contributed by atoms with Gasteiger partial charge >= 0.3 is 5.97 Å². The van der Waals surface area contributed by atoms with Crippen molar-refractivity contribution >= 4 is 11.5 Å². The lowest BCUT2D eigenvalue weighted by molar-refractivity contribution is 0.0472. The number of aromatic nitrogens is 1. The summed E-state index contributed by atoms with van der Waals surface area (Å²) < 4.78 is 21.0. The van der Waals surface area contributed by atoms with Gasteiger partial charge < -0.3 is 14.0 Å². The summed E-state index contributed by atoms with van der Waals surface area (Å²) in [5, 5.41) is 9.39. The number of hydrogen-bond donors (Lipinski definition) is 0. The Morgan fingerprint density at radius 3 is 2.81 bits per heavy atom. The van der Waals surface area contributed by atoms with E-state index >= 15 is 0 Å². The molecule has 0 unspecified atom stereocenters. The van der Waals surface area contributed by atoms with E-state index in [0.29, 0.717) is 23.2 Å². The second-order valence-electron chi connectivity index (χ2n) is 6.25. The molecule has 1 aromatic carbocycles. The van der Waals surface area contributed by atoms with Gasteiger partial charge in [0.15, 0.2) is 0 Å². The number of rotatable bonds is 5. The molecule has 0 fully saturated rings. The van der Waals surface area contributed by atoms with Crippen molar-refractivity contribution in [1.29, 1.82) is 5.26 Å². The van der Waals surface area contributed by atoms with Crippen LogP contribution < -0.4 is 0 Å². The van der Waals surface area contributed by atoms with E-state index in [1.807, 2.05) is 47.8 Å². The molecule has 2 heterocycles. The second kappa shape index (κ2) is 7.38. The standard InChI is InChI=1S/C20H18FN3O2/c1-23(2)11-15-9-14(6-7-18(15)21)20(25)26-13-16-12-24-8-4-3-5-19(24)17(16)10-22/h3-9,12H,11,13H2,1-2H3. The summed E-state index contributed by atoms with van der Waals surface area (Å²) in [5.74, 6) is -0.912. The second-order valence-corrected chi connectivity index (χ2v) is 6.25. The van der Waals surface area contributed by atoms with Crippen molar-refractivity contribution in [3.63, 3.8) is 0 Å². The molecule has 6 heteroatoms. The van der Waals surface area contributed by atoms with Crippen molar-refractivity contribution < 1.29 is 13.9 Å². The SMILES string of the molecule is CN(C)Cc1cc(C(=O)OCc2cn3ccccc3c2C#N)ccc1F. The zero-order valence-corrected chi connectivity index (χ0v) is 14.6. The molecular formula is C20H18FN3O2. The van der Waals surface area contributed by atoms with E-state index in [4.69, 9.17) is 4.74 Å². The van der Waals surface area contributed by atoms with Crippen molar-refractivity contribution in [3.8, 4) is 6.07 Å². The lowest BCUT2D eigenvalue weighted by Crippen LogP contribution is -2.13. The first-order valence-electron chi connectivity index (χ1n) is 8.08. The van der Waals surface area contributed by atoms with Crippen LogP contribution in [-0.2, 0) is 17.9 Å². The van der Waals surface area contributed by atoms with Crippen molar-refractivity contribution in [1.82, 2.24) is 9.30 Å². The molecule has 0 N–H and O–H groups in total. The minimum atomic E-state index is -0.552. The van der Waals surface area contributed by atoms with E-state index in [1.54, 1.807) is 6.20 Å². The highest BCUT2D eigenvalue weighted by Crippen LogP contribution is 2.19. The molecule has 0 saturated carbocycles. The first-order chi connectivity index (χ1) is 12.5. The lowest BCUT2D eigenvalue weighted by Gasteiger charge is -2.12. The Hall–Kier alpha value is -3.17. The Balaban J connectivity index is 1.78. The summed E-state index contributed by atoms with van der Waals surface area (Å²) in [4.78, 5) is 14.2. The number of carbonyl (C=O) groups is 1. The third kappa shape index (κ3) is 3.58. The fourth-order valence-electron chi connectivity index (χ4n) is 2.81. The van der Waals surface area contributed by atoms with Crippen LogP contribution >= 0.6 is 0 Å². The van der Waals surface area contributed by atoms with Crippen LogP contribution in [0, 0.1) is 17.1 Å². The average molecular weight is 351 g/mol. The van der Waals surface area contributed by atoms with Gasteiger partial charge in [-0.2, -0.15) is 5.26 Å². The minimum Gasteiger partial charge on any atom is -0.457 e. The van der Waals surface area contributed by atoms with Crippen LogP contribution in [0.3, 0.4) is 0 Å². The molecule has 0 aliphatic carbocycles. The normalized spacial score (nSPS) is 10.9. The summed E-state index contributed by atoms with van der Waals surface area (Å²) in [6.07, 6.45) is 3.60. The topological polar surface area (TPSA) is 57.7 Å². The number of halogens is 1. The van der Waals surface area contributed by atoms with Gasteiger partial charge in [0.05, 0.1) is 16.6 Å². The molecule has 0 bridgehead atoms. The van der Waals surface area contributed by atoms with Crippen LogP contribution in [0.25, 0.3) is 5.52 Å². The molecule has 0 amide bonds. The summed E-state index contributed by atoms with van der Waals surface area (Å²) in [6, 6.07) is 11.9. The van der Waals surface area contributed by atoms with Gasteiger partial charge in [-0.3, -0.25) is 0 Å². The van der Waals surface area contributed by atoms with Crippen molar-refractivity contribution in [2.75, 3.05) is 14.1 Å². The van der Waals surface area contributed by atoms with Crippen LogP contribution in [0.4, 0.5) is 4.39 Å². The number of benzene rings is 1. The number of hydrogen-bond acceptors (Lipinski definition) is 4. The lowest BCUT2D eigenvalue weighted by atomic mass is 10.1. The first kappa shape index (κ1) is 17.6. The number of pyridine rings is 1. The minimum absolute atomic E-state index is 0.0240. The summed E-state index contributed by atoms with van der Waals surface area (Å²) in [7, 11) is 3.65. The number of esters is 1. The zero-order valence-electron chi connectivity index (χ0n) is 14.6.